The Bertz CT molecular complexity index is 1140. The van der Waals surface area contributed by atoms with Crippen LogP contribution in [-0.2, 0) is 26.1 Å². The minimum atomic E-state index is -4.02. The predicted molar refractivity (Wildman–Crippen MR) is 121 cm³/mol. The molecule has 0 saturated carbocycles. The average Bonchev–Trinajstić information content (AvgIpc) is 2.72. The van der Waals surface area contributed by atoms with Crippen LogP contribution in [0.4, 0.5) is 5.69 Å². The number of benzene rings is 1. The molecule has 1 atom stereocenters. The summed E-state index contributed by atoms with van der Waals surface area (Å²) < 4.78 is 29.0. The summed E-state index contributed by atoms with van der Waals surface area (Å²) in [6.45, 7) is 3.53. The zero-order valence-electron chi connectivity index (χ0n) is 17.9. The van der Waals surface area contributed by atoms with Gasteiger partial charge in [0.2, 0.25) is 11.9 Å². The number of carbonyl (C=O) groups is 1. The molecule has 0 aliphatic rings. The van der Waals surface area contributed by atoms with Crippen LogP contribution in [0.25, 0.3) is 0 Å². The lowest BCUT2D eigenvalue weighted by molar-refractivity contribution is -0.121. The first kappa shape index (κ1) is 24.7. The second-order valence-corrected chi connectivity index (χ2v) is 8.80. The molecule has 0 fully saturated rings. The number of nitrogens with one attached hydrogen (secondary N) is 1. The summed E-state index contributed by atoms with van der Waals surface area (Å²) in [5.41, 5.74) is 16.3. The van der Waals surface area contributed by atoms with Gasteiger partial charge in [0.1, 0.15) is 18.3 Å². The van der Waals surface area contributed by atoms with Crippen molar-refractivity contribution in [3.05, 3.63) is 58.0 Å². The lowest BCUT2D eigenvalue weighted by atomic mass is 10.1. The summed E-state index contributed by atoms with van der Waals surface area (Å²) in [4.78, 5) is 30.0. The van der Waals surface area contributed by atoms with Gasteiger partial charge in [-0.1, -0.05) is 25.5 Å². The third kappa shape index (κ3) is 6.23. The first-order valence-electron chi connectivity index (χ1n) is 9.91. The number of aryl methyl sites for hydroxylation is 2. The molecule has 0 aliphatic carbocycles. The highest BCUT2D eigenvalue weighted by molar-refractivity contribution is 7.92. The fourth-order valence-electron chi connectivity index (χ4n) is 3.12. The quantitative estimate of drug-likeness (QED) is 0.162. The molecule has 1 aromatic heterocycles. The number of amides is 1. The van der Waals surface area contributed by atoms with Crippen molar-refractivity contribution in [2.24, 2.45) is 22.4 Å². The lowest BCUT2D eigenvalue weighted by Gasteiger charge is -2.20. The first-order valence-corrected chi connectivity index (χ1v) is 11.4. The van der Waals surface area contributed by atoms with Gasteiger partial charge in [-0.2, -0.15) is 0 Å². The van der Waals surface area contributed by atoms with Gasteiger partial charge in [0.25, 0.3) is 15.6 Å². The normalized spacial score (nSPS) is 12.1. The van der Waals surface area contributed by atoms with Gasteiger partial charge >= 0.3 is 0 Å². The number of aromatic nitrogens is 1. The summed E-state index contributed by atoms with van der Waals surface area (Å²) in [6, 6.07) is 8.16. The van der Waals surface area contributed by atoms with E-state index < -0.39 is 27.5 Å². The fourth-order valence-corrected chi connectivity index (χ4v) is 4.18. The van der Waals surface area contributed by atoms with Crippen LogP contribution in [0.1, 0.15) is 37.1 Å². The molecule has 2 rings (SSSR count). The molecule has 32 heavy (non-hydrogen) atoms. The van der Waals surface area contributed by atoms with Crippen LogP contribution in [0, 0.1) is 6.92 Å². The van der Waals surface area contributed by atoms with Crippen molar-refractivity contribution < 1.29 is 18.0 Å². The number of oxime groups is 1. The highest BCUT2D eigenvalue weighted by Gasteiger charge is 2.24. The lowest BCUT2D eigenvalue weighted by Crippen LogP contribution is -2.37. The summed E-state index contributed by atoms with van der Waals surface area (Å²) in [5.74, 6) is -1.09. The van der Waals surface area contributed by atoms with E-state index in [1.54, 1.807) is 19.1 Å². The van der Waals surface area contributed by atoms with Gasteiger partial charge < -0.3 is 22.0 Å². The number of carbonyl (C=O) groups excluding carboxylic acids is 1. The Morgan fingerprint density at radius 3 is 2.38 bits per heavy atom. The number of guanidine groups is 1. The molecule has 0 saturated heterocycles. The van der Waals surface area contributed by atoms with Crippen LogP contribution < -0.4 is 27.5 Å². The minimum absolute atomic E-state index is 0.0120. The maximum absolute atomic E-state index is 13.0. The van der Waals surface area contributed by atoms with E-state index in [9.17, 15) is 18.0 Å². The number of hydrogen-bond acceptors (Lipinski definition) is 6. The maximum atomic E-state index is 13.0. The van der Waals surface area contributed by atoms with Gasteiger partial charge in [-0.25, -0.2) is 8.42 Å². The van der Waals surface area contributed by atoms with Gasteiger partial charge in [-0.05, 0) is 48.3 Å². The van der Waals surface area contributed by atoms with Crippen LogP contribution in [0.3, 0.4) is 0 Å². The molecule has 1 aromatic carbocycles. The SMILES string of the molecule is CCCc1ccc(S(=O)(=O)Nc2ccc(C)n(C(CCON=C(N)N)C(N)=O)c2=O)cc1. The topological polar surface area (TPSA) is 185 Å². The monoisotopic (exact) mass is 464 g/mol. The number of nitrogens with zero attached hydrogens (tertiary/aromatic N) is 2. The van der Waals surface area contributed by atoms with E-state index in [4.69, 9.17) is 22.0 Å². The first-order chi connectivity index (χ1) is 15.1. The molecule has 1 heterocycles. The van der Waals surface area contributed by atoms with Gasteiger partial charge in [0.15, 0.2) is 0 Å². The van der Waals surface area contributed by atoms with E-state index in [1.165, 1.54) is 24.3 Å². The van der Waals surface area contributed by atoms with Crippen molar-refractivity contribution in [2.45, 2.75) is 44.0 Å². The molecule has 7 N–H and O–H groups in total. The third-order valence-corrected chi connectivity index (χ3v) is 6.01. The van der Waals surface area contributed by atoms with E-state index in [1.807, 2.05) is 6.92 Å². The van der Waals surface area contributed by atoms with Crippen molar-refractivity contribution in [3.63, 3.8) is 0 Å². The number of primary amides is 1. The number of anilines is 1. The molecule has 174 valence electrons. The molecule has 0 bridgehead atoms. The van der Waals surface area contributed by atoms with E-state index in [0.29, 0.717) is 5.69 Å². The number of hydrogen-bond donors (Lipinski definition) is 4. The van der Waals surface area contributed by atoms with Crippen LogP contribution in [-0.4, -0.2) is 31.5 Å². The minimum Gasteiger partial charge on any atom is -0.393 e. The Balaban J connectivity index is 2.34. The molecule has 1 amide bonds. The smallest absolute Gasteiger partial charge is 0.275 e. The number of rotatable bonds is 11. The fraction of sp³-hybridized carbons (Fsp3) is 0.350. The average molecular weight is 465 g/mol. The highest BCUT2D eigenvalue weighted by atomic mass is 32.2. The molecular formula is C20H28N6O5S. The molecule has 11 nitrogen and oxygen atoms in total. The second-order valence-electron chi connectivity index (χ2n) is 7.12. The molecule has 0 radical (unpaired) electrons. The largest absolute Gasteiger partial charge is 0.393 e. The molecular weight excluding hydrogens is 436 g/mol. The molecule has 2 aromatic rings. The Kier molecular flexibility index (Phi) is 8.24. The Morgan fingerprint density at radius 2 is 1.81 bits per heavy atom. The van der Waals surface area contributed by atoms with Crippen molar-refractivity contribution in [3.8, 4) is 0 Å². The van der Waals surface area contributed by atoms with E-state index in [2.05, 4.69) is 9.88 Å². The Labute approximate surface area is 186 Å². The molecule has 1 unspecified atom stereocenters. The van der Waals surface area contributed by atoms with E-state index in [-0.39, 0.29) is 29.6 Å². The number of pyridine rings is 1. The molecule has 12 heteroatoms. The second kappa shape index (κ2) is 10.7. The summed E-state index contributed by atoms with van der Waals surface area (Å²) in [6.07, 6.45) is 1.76. The van der Waals surface area contributed by atoms with Gasteiger partial charge in [-0.3, -0.25) is 18.9 Å². The van der Waals surface area contributed by atoms with Crippen LogP contribution in [0.2, 0.25) is 0 Å². The zero-order valence-corrected chi connectivity index (χ0v) is 18.8. The Hall–Kier alpha value is -3.54. The molecule has 0 spiro atoms. The number of sulfonamides is 1. The number of nitrogens with two attached hydrogens (primary N) is 3. The van der Waals surface area contributed by atoms with Crippen LogP contribution in [0.5, 0.6) is 0 Å². The van der Waals surface area contributed by atoms with Crippen LogP contribution >= 0.6 is 0 Å². The maximum Gasteiger partial charge on any atom is 0.275 e. The van der Waals surface area contributed by atoms with Crippen molar-refractivity contribution >= 4 is 27.6 Å². The summed E-state index contributed by atoms with van der Waals surface area (Å²) in [5, 5.41) is 3.35. The van der Waals surface area contributed by atoms with Crippen molar-refractivity contribution in [1.29, 1.82) is 0 Å². The third-order valence-electron chi connectivity index (χ3n) is 4.63. The predicted octanol–water partition coefficient (Wildman–Crippen LogP) is 0.532. The standard InChI is InChI=1S/C20H28N6O5S/c1-3-4-14-6-8-15(9-7-14)32(29,30)25-16-10-5-13(2)26(19(16)28)17(18(21)27)11-12-31-24-20(22)23/h5-10,17,25H,3-4,11-12H2,1-2H3,(H2,21,27)(H4,22,23,24). The van der Waals surface area contributed by atoms with Gasteiger partial charge in [-0.15, -0.1) is 0 Å². The van der Waals surface area contributed by atoms with Crippen LogP contribution in [0.15, 0.2) is 51.2 Å². The van der Waals surface area contributed by atoms with Crippen molar-refractivity contribution in [2.75, 3.05) is 11.3 Å². The zero-order chi connectivity index (χ0) is 23.9. The molecule has 0 aliphatic heterocycles. The van der Waals surface area contributed by atoms with E-state index >= 15 is 0 Å². The van der Waals surface area contributed by atoms with Gasteiger partial charge in [0, 0.05) is 12.1 Å². The Morgan fingerprint density at radius 1 is 1.16 bits per heavy atom. The van der Waals surface area contributed by atoms with Gasteiger partial charge in [0.05, 0.1) is 4.90 Å². The summed E-state index contributed by atoms with van der Waals surface area (Å²) in [7, 11) is -4.02. The highest BCUT2D eigenvalue weighted by Crippen LogP contribution is 2.18. The van der Waals surface area contributed by atoms with Crippen molar-refractivity contribution in [1.82, 2.24) is 4.57 Å². The van der Waals surface area contributed by atoms with E-state index in [0.717, 1.165) is 23.0 Å². The summed E-state index contributed by atoms with van der Waals surface area (Å²) >= 11 is 0.